The highest BCUT2D eigenvalue weighted by Crippen LogP contribution is 2.15. The molecule has 0 fully saturated rings. The van der Waals surface area contributed by atoms with Crippen LogP contribution in [0.3, 0.4) is 0 Å². The van der Waals surface area contributed by atoms with Crippen molar-refractivity contribution in [3.8, 4) is 0 Å². The van der Waals surface area contributed by atoms with E-state index in [0.29, 0.717) is 19.3 Å². The number of rotatable bonds is 47. The highest BCUT2D eigenvalue weighted by atomic mass is 16.6. The van der Waals surface area contributed by atoms with E-state index >= 15 is 0 Å². The van der Waals surface area contributed by atoms with Crippen LogP contribution in [0.1, 0.15) is 278 Å². The van der Waals surface area contributed by atoms with Gasteiger partial charge < -0.3 is 14.2 Å². The Morgan fingerprint density at radius 3 is 0.898 bits per heavy atom. The van der Waals surface area contributed by atoms with Gasteiger partial charge in [-0.2, -0.15) is 0 Å². The number of allylic oxidation sites excluding steroid dienone is 4. The molecule has 6 nitrogen and oxygen atoms in total. The lowest BCUT2D eigenvalue weighted by atomic mass is 10.0. The van der Waals surface area contributed by atoms with Crippen molar-refractivity contribution < 1.29 is 28.6 Å². The van der Waals surface area contributed by atoms with Gasteiger partial charge in [-0.15, -0.1) is 0 Å². The Morgan fingerprint density at radius 2 is 0.576 bits per heavy atom. The smallest absolute Gasteiger partial charge is 0.306 e. The molecule has 0 aromatic carbocycles. The van der Waals surface area contributed by atoms with Crippen molar-refractivity contribution in [3.63, 3.8) is 0 Å². The van der Waals surface area contributed by atoms with Crippen LogP contribution < -0.4 is 0 Å². The normalized spacial score (nSPS) is 12.1. The maximum Gasteiger partial charge on any atom is 0.306 e. The highest BCUT2D eigenvalue weighted by molar-refractivity contribution is 5.71. The average Bonchev–Trinajstić information content (AvgIpc) is 3.23. The molecule has 0 N–H and O–H groups in total. The molecule has 0 rings (SSSR count). The molecule has 0 aromatic rings. The third-order valence-electron chi connectivity index (χ3n) is 11.4. The summed E-state index contributed by atoms with van der Waals surface area (Å²) >= 11 is 0. The number of ether oxygens (including phenoxy) is 3. The van der Waals surface area contributed by atoms with Crippen LogP contribution in [0.5, 0.6) is 0 Å². The van der Waals surface area contributed by atoms with Crippen LogP contribution in [-0.4, -0.2) is 37.2 Å². The zero-order valence-corrected chi connectivity index (χ0v) is 39.5. The van der Waals surface area contributed by atoms with Crippen molar-refractivity contribution in [2.24, 2.45) is 0 Å². The number of esters is 3. The standard InChI is InChI=1S/C53H98O6/c1-4-7-10-13-16-19-22-24-25-26-27-29-32-34-37-40-43-46-52(55)58-49-50(59-53(56)47-44-41-38-35-30-21-18-15-12-9-6-3)48-57-51(54)45-42-39-36-33-31-28-23-20-17-14-11-8-5-2/h15,18,24-25,50H,4-14,16-17,19-23,26-49H2,1-3H3/b18-15-,25-24-/t50-/m0/s1. The van der Waals surface area contributed by atoms with Crippen molar-refractivity contribution in [1.82, 2.24) is 0 Å². The van der Waals surface area contributed by atoms with Crippen LogP contribution in [0.25, 0.3) is 0 Å². The lowest BCUT2D eigenvalue weighted by Gasteiger charge is -2.18. The van der Waals surface area contributed by atoms with Gasteiger partial charge in [-0.1, -0.05) is 218 Å². The fraction of sp³-hybridized carbons (Fsp3) is 0.868. The Morgan fingerprint density at radius 1 is 0.322 bits per heavy atom. The quantitative estimate of drug-likeness (QED) is 0.0263. The average molecular weight is 831 g/mol. The van der Waals surface area contributed by atoms with Gasteiger partial charge in [-0.25, -0.2) is 0 Å². The molecule has 0 bridgehead atoms. The molecule has 0 aliphatic heterocycles. The first-order valence-electron chi connectivity index (χ1n) is 25.8. The molecule has 0 unspecified atom stereocenters. The first-order valence-corrected chi connectivity index (χ1v) is 25.8. The minimum Gasteiger partial charge on any atom is -0.462 e. The summed E-state index contributed by atoms with van der Waals surface area (Å²) in [7, 11) is 0. The van der Waals surface area contributed by atoms with Crippen molar-refractivity contribution in [3.05, 3.63) is 24.3 Å². The van der Waals surface area contributed by atoms with Crippen LogP contribution >= 0.6 is 0 Å². The molecule has 0 aromatic heterocycles. The first kappa shape index (κ1) is 56.9. The molecule has 0 aliphatic carbocycles. The summed E-state index contributed by atoms with van der Waals surface area (Å²) in [5.74, 6) is -0.875. The van der Waals surface area contributed by atoms with E-state index < -0.39 is 6.10 Å². The monoisotopic (exact) mass is 831 g/mol. The predicted molar refractivity (Wildman–Crippen MR) is 252 cm³/mol. The van der Waals surface area contributed by atoms with Gasteiger partial charge in [-0.05, 0) is 64.2 Å². The van der Waals surface area contributed by atoms with Crippen LogP contribution in [0.15, 0.2) is 24.3 Å². The Kier molecular flexibility index (Phi) is 46.8. The molecule has 59 heavy (non-hydrogen) atoms. The molecule has 0 radical (unpaired) electrons. The lowest BCUT2D eigenvalue weighted by Crippen LogP contribution is -2.30. The predicted octanol–water partition coefficient (Wildman–Crippen LogP) is 16.8. The third kappa shape index (κ3) is 46.8. The third-order valence-corrected chi connectivity index (χ3v) is 11.4. The molecule has 0 heterocycles. The zero-order chi connectivity index (χ0) is 43.0. The topological polar surface area (TPSA) is 78.9 Å². The largest absolute Gasteiger partial charge is 0.462 e. The second-order valence-corrected chi connectivity index (χ2v) is 17.4. The van der Waals surface area contributed by atoms with E-state index in [1.165, 1.54) is 167 Å². The van der Waals surface area contributed by atoms with Crippen molar-refractivity contribution in [2.75, 3.05) is 13.2 Å². The molecule has 346 valence electrons. The van der Waals surface area contributed by atoms with Crippen molar-refractivity contribution in [2.45, 2.75) is 284 Å². The van der Waals surface area contributed by atoms with Crippen LogP contribution in [0.2, 0.25) is 0 Å². The van der Waals surface area contributed by atoms with Crippen molar-refractivity contribution >= 4 is 17.9 Å². The Balaban J connectivity index is 4.31. The summed E-state index contributed by atoms with van der Waals surface area (Å²) in [5, 5.41) is 0. The van der Waals surface area contributed by atoms with Gasteiger partial charge in [0.25, 0.3) is 0 Å². The van der Waals surface area contributed by atoms with E-state index in [4.69, 9.17) is 14.2 Å². The molecule has 0 amide bonds. The number of hydrogen-bond donors (Lipinski definition) is 0. The van der Waals surface area contributed by atoms with Crippen LogP contribution in [-0.2, 0) is 28.6 Å². The molecular weight excluding hydrogens is 733 g/mol. The summed E-state index contributed by atoms with van der Waals surface area (Å²) < 4.78 is 16.8. The second kappa shape index (κ2) is 48.6. The molecule has 0 saturated carbocycles. The molecule has 6 heteroatoms. The van der Waals surface area contributed by atoms with Gasteiger partial charge in [0.2, 0.25) is 0 Å². The minimum atomic E-state index is -0.771. The van der Waals surface area contributed by atoms with Crippen LogP contribution in [0, 0.1) is 0 Å². The van der Waals surface area contributed by atoms with Gasteiger partial charge in [0.1, 0.15) is 13.2 Å². The molecule has 0 spiro atoms. The summed E-state index contributed by atoms with van der Waals surface area (Å²) in [4.78, 5) is 37.9. The van der Waals surface area contributed by atoms with Gasteiger partial charge in [0.15, 0.2) is 6.10 Å². The summed E-state index contributed by atoms with van der Waals surface area (Å²) in [6.45, 7) is 6.61. The highest BCUT2D eigenvalue weighted by Gasteiger charge is 2.19. The lowest BCUT2D eigenvalue weighted by molar-refractivity contribution is -0.167. The summed E-state index contributed by atoms with van der Waals surface area (Å²) in [5.41, 5.74) is 0. The van der Waals surface area contributed by atoms with Gasteiger partial charge in [0.05, 0.1) is 0 Å². The van der Waals surface area contributed by atoms with E-state index in [0.717, 1.165) is 70.6 Å². The fourth-order valence-corrected chi connectivity index (χ4v) is 7.48. The van der Waals surface area contributed by atoms with Gasteiger partial charge in [0, 0.05) is 19.3 Å². The van der Waals surface area contributed by atoms with E-state index in [2.05, 4.69) is 45.1 Å². The Labute approximate surface area is 366 Å². The van der Waals surface area contributed by atoms with Crippen LogP contribution in [0.4, 0.5) is 0 Å². The maximum absolute atomic E-state index is 12.7. The second-order valence-electron chi connectivity index (χ2n) is 17.4. The molecule has 1 atom stereocenters. The SMILES string of the molecule is CCCC/C=C\CCCCCCCC(=O)O[C@H](COC(=O)CCCCCCCCC/C=C\CCCCCCCC)COC(=O)CCCCCCCCCCCCCCC. The van der Waals surface area contributed by atoms with Gasteiger partial charge >= 0.3 is 17.9 Å². The first-order chi connectivity index (χ1) is 29.0. The Hall–Kier alpha value is -2.11. The summed E-state index contributed by atoms with van der Waals surface area (Å²) in [6, 6.07) is 0. The molecule has 0 saturated heterocycles. The zero-order valence-electron chi connectivity index (χ0n) is 39.5. The molecule has 0 aliphatic rings. The maximum atomic E-state index is 12.7. The summed E-state index contributed by atoms with van der Waals surface area (Å²) in [6.07, 6.45) is 54.4. The molecular formula is C53H98O6. The van der Waals surface area contributed by atoms with E-state index in [-0.39, 0.29) is 31.1 Å². The fourth-order valence-electron chi connectivity index (χ4n) is 7.48. The Bertz CT molecular complexity index is 958. The van der Waals surface area contributed by atoms with E-state index in [1.807, 2.05) is 0 Å². The number of carbonyl (C=O) groups is 3. The number of carbonyl (C=O) groups excluding carboxylic acids is 3. The minimum absolute atomic E-state index is 0.0724. The van der Waals surface area contributed by atoms with E-state index in [9.17, 15) is 14.4 Å². The van der Waals surface area contributed by atoms with Crippen molar-refractivity contribution in [1.29, 1.82) is 0 Å². The van der Waals surface area contributed by atoms with E-state index in [1.54, 1.807) is 0 Å². The number of unbranched alkanes of at least 4 members (excludes halogenated alkanes) is 32. The number of hydrogen-bond acceptors (Lipinski definition) is 6. The van der Waals surface area contributed by atoms with Gasteiger partial charge in [-0.3, -0.25) is 14.4 Å².